The number of carbonyl (C=O) groups is 1. The molecule has 0 aliphatic carbocycles. The summed E-state index contributed by atoms with van der Waals surface area (Å²) < 4.78 is 27.0. The molecular weight excluding hydrogens is 440 g/mol. The normalized spacial score (nSPS) is 11.0. The molecule has 0 bridgehead atoms. The second-order valence-corrected chi connectivity index (χ2v) is 8.00. The van der Waals surface area contributed by atoms with Crippen LogP contribution in [0.5, 0.6) is 11.6 Å². The molecule has 0 spiro atoms. The predicted octanol–water partition coefficient (Wildman–Crippen LogP) is 4.50. The minimum Gasteiger partial charge on any atom is -0.497 e. The molecule has 9 heteroatoms. The largest absolute Gasteiger partial charge is 0.497 e. The summed E-state index contributed by atoms with van der Waals surface area (Å²) in [6.07, 6.45) is 1.28. The molecule has 0 atom stereocenters. The second kappa shape index (κ2) is 10.4. The topological polar surface area (TPSA) is 88.4 Å². The SMILES string of the molecule is CCCOc1nn(Cc2cccc(OC)c2)c(C(=O)OCC)c1Cc1ccc2nsnc2c1. The Balaban J connectivity index is 1.77. The van der Waals surface area contributed by atoms with Crippen molar-refractivity contribution in [1.29, 1.82) is 0 Å². The van der Waals surface area contributed by atoms with Crippen LogP contribution in [-0.2, 0) is 17.7 Å². The van der Waals surface area contributed by atoms with E-state index in [0.717, 1.165) is 34.3 Å². The van der Waals surface area contributed by atoms with Crippen molar-refractivity contribution in [1.82, 2.24) is 18.5 Å². The maximum absolute atomic E-state index is 13.1. The van der Waals surface area contributed by atoms with Crippen molar-refractivity contribution < 1.29 is 19.0 Å². The number of fused-ring (bicyclic) bond motifs is 1. The van der Waals surface area contributed by atoms with Crippen LogP contribution in [0.2, 0.25) is 0 Å². The summed E-state index contributed by atoms with van der Waals surface area (Å²) >= 11 is 1.18. The number of nitrogens with zero attached hydrogens (tertiary/aromatic N) is 4. The van der Waals surface area contributed by atoms with E-state index in [1.807, 2.05) is 49.4 Å². The summed E-state index contributed by atoms with van der Waals surface area (Å²) in [6.45, 7) is 4.97. The molecule has 2 heterocycles. The molecule has 4 rings (SSSR count). The lowest BCUT2D eigenvalue weighted by molar-refractivity contribution is 0.0511. The van der Waals surface area contributed by atoms with Gasteiger partial charge in [-0.2, -0.15) is 8.75 Å². The van der Waals surface area contributed by atoms with Crippen LogP contribution in [0.4, 0.5) is 0 Å². The fraction of sp³-hybridized carbons (Fsp3) is 0.333. The van der Waals surface area contributed by atoms with Gasteiger partial charge in [0.25, 0.3) is 0 Å². The average molecular weight is 467 g/mol. The molecule has 0 amide bonds. The van der Waals surface area contributed by atoms with Gasteiger partial charge in [-0.05, 0) is 48.7 Å². The Bertz CT molecular complexity index is 1250. The summed E-state index contributed by atoms with van der Waals surface area (Å²) in [6, 6.07) is 13.6. The predicted molar refractivity (Wildman–Crippen MR) is 126 cm³/mol. The highest BCUT2D eigenvalue weighted by molar-refractivity contribution is 7.00. The minimum absolute atomic E-state index is 0.268. The molecule has 0 radical (unpaired) electrons. The number of benzene rings is 2. The van der Waals surface area contributed by atoms with Gasteiger partial charge < -0.3 is 14.2 Å². The zero-order chi connectivity index (χ0) is 23.2. The van der Waals surface area contributed by atoms with Crippen LogP contribution in [0.1, 0.15) is 47.4 Å². The smallest absolute Gasteiger partial charge is 0.357 e. The number of methoxy groups -OCH3 is 1. The number of carbonyl (C=O) groups excluding carboxylic acids is 1. The molecule has 2 aromatic heterocycles. The molecule has 2 aromatic carbocycles. The number of hydrogen-bond donors (Lipinski definition) is 0. The molecule has 0 saturated carbocycles. The fourth-order valence-corrected chi connectivity index (χ4v) is 4.10. The number of esters is 1. The molecule has 33 heavy (non-hydrogen) atoms. The molecule has 4 aromatic rings. The van der Waals surface area contributed by atoms with E-state index in [9.17, 15) is 4.79 Å². The third-order valence-electron chi connectivity index (χ3n) is 5.09. The van der Waals surface area contributed by atoms with Gasteiger partial charge in [0, 0.05) is 6.42 Å². The summed E-state index contributed by atoms with van der Waals surface area (Å²) in [5.41, 5.74) is 4.71. The minimum atomic E-state index is -0.425. The quantitative estimate of drug-likeness (QED) is 0.318. The van der Waals surface area contributed by atoms with E-state index in [1.165, 1.54) is 11.7 Å². The molecule has 0 aliphatic heterocycles. The summed E-state index contributed by atoms with van der Waals surface area (Å²) in [7, 11) is 1.63. The molecule has 172 valence electrons. The number of hydrogen-bond acceptors (Lipinski definition) is 8. The first kappa shape index (κ1) is 22.7. The summed E-state index contributed by atoms with van der Waals surface area (Å²) in [5.74, 6) is 0.759. The Morgan fingerprint density at radius 2 is 1.91 bits per heavy atom. The highest BCUT2D eigenvalue weighted by Crippen LogP contribution is 2.28. The van der Waals surface area contributed by atoms with Crippen molar-refractivity contribution in [3.05, 3.63) is 64.8 Å². The van der Waals surface area contributed by atoms with E-state index in [-0.39, 0.29) is 6.61 Å². The first-order valence-corrected chi connectivity index (χ1v) is 11.6. The van der Waals surface area contributed by atoms with Crippen molar-refractivity contribution in [3.63, 3.8) is 0 Å². The number of ether oxygens (including phenoxy) is 3. The van der Waals surface area contributed by atoms with Crippen molar-refractivity contribution in [2.24, 2.45) is 0 Å². The van der Waals surface area contributed by atoms with Gasteiger partial charge in [0.1, 0.15) is 16.8 Å². The Morgan fingerprint density at radius 1 is 1.06 bits per heavy atom. The Morgan fingerprint density at radius 3 is 2.70 bits per heavy atom. The van der Waals surface area contributed by atoms with Crippen LogP contribution in [0, 0.1) is 0 Å². The second-order valence-electron chi connectivity index (χ2n) is 7.47. The Kier molecular flexibility index (Phi) is 7.19. The van der Waals surface area contributed by atoms with Gasteiger partial charge in [-0.1, -0.05) is 25.1 Å². The van der Waals surface area contributed by atoms with E-state index in [4.69, 9.17) is 14.2 Å². The average Bonchev–Trinajstić information content (AvgIpc) is 3.42. The van der Waals surface area contributed by atoms with Crippen LogP contribution in [0.25, 0.3) is 11.0 Å². The highest BCUT2D eigenvalue weighted by atomic mass is 32.1. The first-order chi connectivity index (χ1) is 16.1. The molecule has 0 unspecified atom stereocenters. The third-order valence-corrected chi connectivity index (χ3v) is 5.65. The fourth-order valence-electron chi connectivity index (χ4n) is 3.58. The summed E-state index contributed by atoms with van der Waals surface area (Å²) in [5, 5.41) is 4.68. The van der Waals surface area contributed by atoms with E-state index in [2.05, 4.69) is 13.8 Å². The van der Waals surface area contributed by atoms with Gasteiger partial charge >= 0.3 is 5.97 Å². The van der Waals surface area contributed by atoms with Crippen LogP contribution in [0.3, 0.4) is 0 Å². The maximum Gasteiger partial charge on any atom is 0.357 e. The van der Waals surface area contributed by atoms with Gasteiger partial charge in [-0.3, -0.25) is 0 Å². The lowest BCUT2D eigenvalue weighted by Gasteiger charge is -2.10. The van der Waals surface area contributed by atoms with Crippen molar-refractivity contribution in [3.8, 4) is 11.6 Å². The Labute approximate surface area is 196 Å². The van der Waals surface area contributed by atoms with Crippen LogP contribution in [0.15, 0.2) is 42.5 Å². The molecule has 0 N–H and O–H groups in total. The van der Waals surface area contributed by atoms with Gasteiger partial charge in [-0.15, -0.1) is 5.10 Å². The standard InChI is InChI=1S/C24H26N4O4S/c1-4-11-32-23-19(13-16-9-10-20-21(14-16)27-33-26-20)22(24(29)31-5-2)28(25-23)15-17-7-6-8-18(12-17)30-3/h6-10,12,14H,4-5,11,13,15H2,1-3H3. The van der Waals surface area contributed by atoms with Crippen molar-refractivity contribution >= 4 is 28.7 Å². The zero-order valence-corrected chi connectivity index (χ0v) is 19.7. The summed E-state index contributed by atoms with van der Waals surface area (Å²) in [4.78, 5) is 13.1. The zero-order valence-electron chi connectivity index (χ0n) is 18.9. The van der Waals surface area contributed by atoms with Crippen LogP contribution < -0.4 is 9.47 Å². The van der Waals surface area contributed by atoms with E-state index in [1.54, 1.807) is 18.7 Å². The lowest BCUT2D eigenvalue weighted by atomic mass is 10.0. The van der Waals surface area contributed by atoms with Gasteiger partial charge in [0.2, 0.25) is 5.88 Å². The van der Waals surface area contributed by atoms with E-state index < -0.39 is 5.97 Å². The monoisotopic (exact) mass is 466 g/mol. The molecule has 8 nitrogen and oxygen atoms in total. The number of rotatable bonds is 10. The maximum atomic E-state index is 13.1. The first-order valence-electron chi connectivity index (χ1n) is 10.9. The molecule has 0 fully saturated rings. The highest BCUT2D eigenvalue weighted by Gasteiger charge is 2.26. The van der Waals surface area contributed by atoms with Gasteiger partial charge in [0.05, 0.1) is 44.2 Å². The van der Waals surface area contributed by atoms with Crippen LogP contribution >= 0.6 is 11.7 Å². The van der Waals surface area contributed by atoms with Gasteiger partial charge in [0.15, 0.2) is 5.69 Å². The number of aromatic nitrogens is 4. The van der Waals surface area contributed by atoms with Gasteiger partial charge in [-0.25, -0.2) is 9.48 Å². The Hall–Kier alpha value is -3.46. The third kappa shape index (κ3) is 5.14. The van der Waals surface area contributed by atoms with E-state index >= 15 is 0 Å². The van der Waals surface area contributed by atoms with Crippen molar-refractivity contribution in [2.75, 3.05) is 20.3 Å². The molecular formula is C24H26N4O4S. The van der Waals surface area contributed by atoms with E-state index in [0.29, 0.717) is 36.7 Å². The lowest BCUT2D eigenvalue weighted by Crippen LogP contribution is -2.16. The van der Waals surface area contributed by atoms with Crippen molar-refractivity contribution in [2.45, 2.75) is 33.2 Å². The van der Waals surface area contributed by atoms with Crippen LogP contribution in [-0.4, -0.2) is 44.8 Å². The molecule has 0 aliphatic rings. The molecule has 0 saturated heterocycles.